The number of nitrogens with zero attached hydrogens (tertiary/aromatic N) is 3. The van der Waals surface area contributed by atoms with Crippen molar-refractivity contribution in [3.05, 3.63) is 17.8 Å². The van der Waals surface area contributed by atoms with Crippen LogP contribution in [-0.4, -0.2) is 46.6 Å². The van der Waals surface area contributed by atoms with Crippen LogP contribution in [0.5, 0.6) is 0 Å². The van der Waals surface area contributed by atoms with Crippen LogP contribution in [0.15, 0.2) is 12.3 Å². The molecular weight excluding hydrogens is 226 g/mol. The number of nitrogens with two attached hydrogens (primary N) is 1. The fourth-order valence-corrected chi connectivity index (χ4v) is 1.14. The van der Waals surface area contributed by atoms with Crippen LogP contribution in [0.3, 0.4) is 0 Å². The highest BCUT2D eigenvalue weighted by molar-refractivity contribution is 7.80. The van der Waals surface area contributed by atoms with Crippen molar-refractivity contribution in [3.8, 4) is 0 Å². The summed E-state index contributed by atoms with van der Waals surface area (Å²) in [5.74, 6) is 0.352. The quantitative estimate of drug-likeness (QED) is 0.696. The van der Waals surface area contributed by atoms with Gasteiger partial charge in [0.25, 0.3) is 0 Å². The van der Waals surface area contributed by atoms with Gasteiger partial charge < -0.3 is 16.0 Å². The summed E-state index contributed by atoms with van der Waals surface area (Å²) in [6.07, 6.45) is 1.49. The van der Waals surface area contributed by atoms with Crippen LogP contribution in [-0.2, 0) is 4.79 Å². The zero-order valence-corrected chi connectivity index (χ0v) is 9.91. The zero-order valence-electron chi connectivity index (χ0n) is 9.10. The number of hydrogen-bond acceptors (Lipinski definition) is 5. The summed E-state index contributed by atoms with van der Waals surface area (Å²) < 4.78 is 0. The van der Waals surface area contributed by atoms with Gasteiger partial charge in [-0.15, -0.1) is 5.10 Å². The first kappa shape index (κ1) is 12.3. The molecule has 1 aromatic heterocycles. The van der Waals surface area contributed by atoms with Crippen LogP contribution in [0.4, 0.5) is 5.82 Å². The van der Waals surface area contributed by atoms with E-state index in [1.54, 1.807) is 20.2 Å². The van der Waals surface area contributed by atoms with Gasteiger partial charge in [0.05, 0.1) is 18.3 Å². The molecule has 16 heavy (non-hydrogen) atoms. The van der Waals surface area contributed by atoms with Crippen LogP contribution in [0.2, 0.25) is 0 Å². The Kier molecular flexibility index (Phi) is 4.12. The van der Waals surface area contributed by atoms with Crippen molar-refractivity contribution in [1.29, 1.82) is 0 Å². The molecular formula is C9H13N5OS. The summed E-state index contributed by atoms with van der Waals surface area (Å²) in [5.41, 5.74) is 6.09. The number of rotatable bonds is 4. The maximum Gasteiger partial charge on any atom is 0.241 e. The number of aromatic nitrogens is 2. The lowest BCUT2D eigenvalue weighted by atomic mass is 10.3. The van der Waals surface area contributed by atoms with Crippen LogP contribution >= 0.6 is 12.2 Å². The SMILES string of the molecule is CN(C)C(=O)CNc1nnccc1C(N)=S. The normalized spacial score (nSPS) is 9.62. The molecule has 0 saturated heterocycles. The standard InChI is InChI=1S/C9H13N5OS/c1-14(2)7(15)5-11-9-6(8(10)16)3-4-12-13-9/h3-4H,5H2,1-2H3,(H2,10,16)(H,11,13). The fourth-order valence-electron chi connectivity index (χ4n) is 0.979. The molecule has 0 fully saturated rings. The maximum atomic E-state index is 11.3. The van der Waals surface area contributed by atoms with E-state index in [9.17, 15) is 4.79 Å². The first-order valence-corrected chi connectivity index (χ1v) is 4.98. The number of thiocarbonyl (C=S) groups is 1. The van der Waals surface area contributed by atoms with E-state index in [4.69, 9.17) is 18.0 Å². The molecule has 0 radical (unpaired) electrons. The van der Waals surface area contributed by atoms with Crippen LogP contribution < -0.4 is 11.1 Å². The van der Waals surface area contributed by atoms with Crippen molar-refractivity contribution in [2.24, 2.45) is 5.73 Å². The molecule has 7 heteroatoms. The van der Waals surface area contributed by atoms with E-state index < -0.39 is 0 Å². The van der Waals surface area contributed by atoms with E-state index in [0.717, 1.165) is 0 Å². The Bertz CT molecular complexity index is 407. The molecule has 0 spiro atoms. The highest BCUT2D eigenvalue weighted by atomic mass is 32.1. The molecule has 0 bridgehead atoms. The second kappa shape index (κ2) is 5.36. The Hall–Kier alpha value is -1.76. The molecule has 1 heterocycles. The summed E-state index contributed by atoms with van der Waals surface area (Å²) in [6.45, 7) is 0.126. The molecule has 0 saturated carbocycles. The van der Waals surface area contributed by atoms with Crippen molar-refractivity contribution in [1.82, 2.24) is 15.1 Å². The van der Waals surface area contributed by atoms with Crippen molar-refractivity contribution < 1.29 is 4.79 Å². The lowest BCUT2D eigenvalue weighted by molar-refractivity contribution is -0.126. The third kappa shape index (κ3) is 3.13. The van der Waals surface area contributed by atoms with Crippen LogP contribution in [0.1, 0.15) is 5.56 Å². The number of amides is 1. The average molecular weight is 239 g/mol. The summed E-state index contributed by atoms with van der Waals surface area (Å²) in [7, 11) is 3.35. The van der Waals surface area contributed by atoms with Gasteiger partial charge in [0.15, 0.2) is 5.82 Å². The lowest BCUT2D eigenvalue weighted by Crippen LogP contribution is -2.29. The molecule has 0 unspecified atom stereocenters. The number of hydrogen-bond donors (Lipinski definition) is 2. The smallest absolute Gasteiger partial charge is 0.241 e. The van der Waals surface area contributed by atoms with Crippen molar-refractivity contribution in [2.45, 2.75) is 0 Å². The monoisotopic (exact) mass is 239 g/mol. The molecule has 0 atom stereocenters. The molecule has 86 valence electrons. The van der Waals surface area contributed by atoms with Gasteiger partial charge in [-0.3, -0.25) is 4.79 Å². The summed E-state index contributed by atoms with van der Waals surface area (Å²) in [5, 5.41) is 10.4. The number of nitrogens with one attached hydrogen (secondary N) is 1. The predicted octanol–water partition coefficient (Wildman–Crippen LogP) is -0.389. The van der Waals surface area contributed by atoms with Gasteiger partial charge in [0, 0.05) is 14.1 Å². The Balaban J connectivity index is 2.74. The molecule has 0 aliphatic heterocycles. The second-order valence-electron chi connectivity index (χ2n) is 3.30. The lowest BCUT2D eigenvalue weighted by Gasteiger charge is -2.12. The Morgan fingerprint density at radius 1 is 1.62 bits per heavy atom. The minimum Gasteiger partial charge on any atom is -0.389 e. The first-order valence-electron chi connectivity index (χ1n) is 4.58. The molecule has 1 aromatic rings. The van der Waals surface area contributed by atoms with E-state index in [0.29, 0.717) is 11.4 Å². The molecule has 0 aromatic carbocycles. The van der Waals surface area contributed by atoms with E-state index in [2.05, 4.69) is 15.5 Å². The molecule has 3 N–H and O–H groups in total. The van der Waals surface area contributed by atoms with Gasteiger partial charge in [-0.1, -0.05) is 12.2 Å². The van der Waals surface area contributed by atoms with Crippen molar-refractivity contribution in [3.63, 3.8) is 0 Å². The number of anilines is 1. The Morgan fingerprint density at radius 2 is 2.31 bits per heavy atom. The predicted molar refractivity (Wildman–Crippen MR) is 65.1 cm³/mol. The molecule has 0 aliphatic carbocycles. The van der Waals surface area contributed by atoms with Gasteiger partial charge in [-0.25, -0.2) is 0 Å². The number of carbonyl (C=O) groups is 1. The van der Waals surface area contributed by atoms with E-state index >= 15 is 0 Å². The second-order valence-corrected chi connectivity index (χ2v) is 3.74. The summed E-state index contributed by atoms with van der Waals surface area (Å²) in [6, 6.07) is 1.65. The molecule has 6 nitrogen and oxygen atoms in total. The van der Waals surface area contributed by atoms with Gasteiger partial charge in [0.1, 0.15) is 4.99 Å². The van der Waals surface area contributed by atoms with Gasteiger partial charge in [-0.2, -0.15) is 5.10 Å². The van der Waals surface area contributed by atoms with Gasteiger partial charge in [0.2, 0.25) is 5.91 Å². The van der Waals surface area contributed by atoms with E-state index in [1.807, 2.05) is 0 Å². The van der Waals surface area contributed by atoms with Crippen LogP contribution in [0, 0.1) is 0 Å². The van der Waals surface area contributed by atoms with Gasteiger partial charge in [-0.05, 0) is 6.07 Å². The highest BCUT2D eigenvalue weighted by Crippen LogP contribution is 2.09. The number of likely N-dealkylation sites (N-methyl/N-ethyl adjacent to an activating group) is 1. The van der Waals surface area contributed by atoms with E-state index in [-0.39, 0.29) is 17.4 Å². The third-order valence-corrected chi connectivity index (χ3v) is 2.11. The van der Waals surface area contributed by atoms with Crippen molar-refractivity contribution >= 4 is 28.9 Å². The molecule has 0 aliphatic rings. The van der Waals surface area contributed by atoms with E-state index in [1.165, 1.54) is 11.1 Å². The summed E-state index contributed by atoms with van der Waals surface area (Å²) >= 11 is 4.86. The highest BCUT2D eigenvalue weighted by Gasteiger charge is 2.09. The topological polar surface area (TPSA) is 84.1 Å². The zero-order chi connectivity index (χ0) is 12.1. The van der Waals surface area contributed by atoms with Crippen molar-refractivity contribution in [2.75, 3.05) is 26.0 Å². The number of carbonyl (C=O) groups excluding carboxylic acids is 1. The molecule has 1 amide bonds. The third-order valence-electron chi connectivity index (χ3n) is 1.89. The minimum absolute atomic E-state index is 0.0699. The average Bonchev–Trinajstić information content (AvgIpc) is 2.25. The largest absolute Gasteiger partial charge is 0.389 e. The summed E-state index contributed by atoms with van der Waals surface area (Å²) in [4.78, 5) is 13.0. The van der Waals surface area contributed by atoms with Crippen LogP contribution in [0.25, 0.3) is 0 Å². The first-order chi connectivity index (χ1) is 7.52. The Labute approximate surface area is 98.8 Å². The molecule has 1 rings (SSSR count). The minimum atomic E-state index is -0.0699. The maximum absolute atomic E-state index is 11.3. The fraction of sp³-hybridized carbons (Fsp3) is 0.333. The van der Waals surface area contributed by atoms with Gasteiger partial charge >= 0.3 is 0 Å². The Morgan fingerprint density at radius 3 is 2.88 bits per heavy atom.